The van der Waals surface area contributed by atoms with Crippen molar-refractivity contribution in [2.24, 2.45) is 0 Å². The lowest BCUT2D eigenvalue weighted by Crippen LogP contribution is -2.33. The van der Waals surface area contributed by atoms with Gasteiger partial charge in [-0.15, -0.1) is 11.6 Å². The van der Waals surface area contributed by atoms with Crippen molar-refractivity contribution < 1.29 is 14.0 Å². The van der Waals surface area contributed by atoms with E-state index in [0.717, 1.165) is 0 Å². The summed E-state index contributed by atoms with van der Waals surface area (Å²) in [5, 5.41) is 4.71. The van der Waals surface area contributed by atoms with Gasteiger partial charge in [0.05, 0.1) is 12.2 Å². The Morgan fingerprint density at radius 2 is 1.94 bits per heavy atom. The molecule has 0 aliphatic rings. The van der Waals surface area contributed by atoms with E-state index in [1.165, 1.54) is 18.2 Å². The smallest absolute Gasteiger partial charge is 0.243 e. The first-order chi connectivity index (χ1) is 8.13. The summed E-state index contributed by atoms with van der Waals surface area (Å²) < 4.78 is 13.2. The van der Waals surface area contributed by atoms with Crippen LogP contribution in [-0.2, 0) is 9.59 Å². The van der Waals surface area contributed by atoms with E-state index in [4.69, 9.17) is 11.6 Å². The Hall–Kier alpha value is -1.62. The molecule has 0 aromatic heterocycles. The van der Waals surface area contributed by atoms with Gasteiger partial charge in [-0.1, -0.05) is 12.1 Å². The van der Waals surface area contributed by atoms with Crippen molar-refractivity contribution in [3.8, 4) is 0 Å². The van der Waals surface area contributed by atoms with Crippen LogP contribution in [0.2, 0.25) is 0 Å². The fourth-order valence-electron chi connectivity index (χ4n) is 1.11. The van der Waals surface area contributed by atoms with Crippen LogP contribution in [0.1, 0.15) is 6.42 Å². The highest BCUT2D eigenvalue weighted by Gasteiger charge is 2.07. The van der Waals surface area contributed by atoms with Gasteiger partial charge in [-0.05, 0) is 12.1 Å². The molecule has 0 heterocycles. The average molecular weight is 259 g/mol. The monoisotopic (exact) mass is 258 g/mol. The maximum atomic E-state index is 13.2. The fourth-order valence-corrected chi connectivity index (χ4v) is 1.28. The molecule has 0 fully saturated rings. The lowest BCUT2D eigenvalue weighted by Gasteiger charge is -2.06. The van der Waals surface area contributed by atoms with Crippen molar-refractivity contribution in [3.63, 3.8) is 0 Å². The zero-order chi connectivity index (χ0) is 12.7. The van der Waals surface area contributed by atoms with Crippen LogP contribution in [0, 0.1) is 5.82 Å². The lowest BCUT2D eigenvalue weighted by molar-refractivity contribution is -0.123. The van der Waals surface area contributed by atoms with Crippen molar-refractivity contribution in [2.45, 2.75) is 6.42 Å². The fraction of sp³-hybridized carbons (Fsp3) is 0.273. The lowest BCUT2D eigenvalue weighted by atomic mass is 10.3. The third kappa shape index (κ3) is 4.82. The van der Waals surface area contributed by atoms with E-state index in [0.29, 0.717) is 0 Å². The van der Waals surface area contributed by atoms with Crippen molar-refractivity contribution >= 4 is 29.1 Å². The molecular formula is C11H12ClFN2O2. The molecule has 0 spiro atoms. The summed E-state index contributed by atoms with van der Waals surface area (Å²) in [4.78, 5) is 22.4. The number of para-hydroxylation sites is 1. The number of halogens is 2. The number of amides is 2. The highest BCUT2D eigenvalue weighted by Crippen LogP contribution is 2.11. The van der Waals surface area contributed by atoms with Crippen LogP contribution in [0.4, 0.5) is 10.1 Å². The number of carbonyl (C=O) groups excluding carboxylic acids is 2. The third-order valence-electron chi connectivity index (χ3n) is 1.92. The first kappa shape index (κ1) is 13.4. The van der Waals surface area contributed by atoms with Crippen molar-refractivity contribution in [3.05, 3.63) is 30.1 Å². The number of benzene rings is 1. The molecule has 0 aliphatic heterocycles. The van der Waals surface area contributed by atoms with Gasteiger partial charge in [0.25, 0.3) is 0 Å². The molecule has 2 N–H and O–H groups in total. The Morgan fingerprint density at radius 3 is 2.59 bits per heavy atom. The number of anilines is 1. The van der Waals surface area contributed by atoms with Gasteiger partial charge >= 0.3 is 0 Å². The summed E-state index contributed by atoms with van der Waals surface area (Å²) in [6, 6.07) is 5.80. The van der Waals surface area contributed by atoms with Gasteiger partial charge in [0.1, 0.15) is 5.82 Å². The first-order valence-corrected chi connectivity index (χ1v) is 5.54. The van der Waals surface area contributed by atoms with E-state index in [2.05, 4.69) is 10.6 Å². The molecule has 17 heavy (non-hydrogen) atoms. The summed E-state index contributed by atoms with van der Waals surface area (Å²) in [5.41, 5.74) is 0.0871. The summed E-state index contributed by atoms with van der Waals surface area (Å²) in [6.45, 7) is -0.204. The number of rotatable bonds is 5. The summed E-state index contributed by atoms with van der Waals surface area (Å²) in [6.07, 6.45) is 0.147. The second-order valence-corrected chi connectivity index (χ2v) is 3.62. The molecule has 1 aromatic carbocycles. The van der Waals surface area contributed by atoms with Crippen molar-refractivity contribution in [1.29, 1.82) is 0 Å². The summed E-state index contributed by atoms with van der Waals surface area (Å²) in [7, 11) is 0. The SMILES string of the molecule is O=C(CCCl)NCC(=O)Nc1ccccc1F. The van der Waals surface area contributed by atoms with E-state index < -0.39 is 11.7 Å². The molecule has 0 unspecified atom stereocenters. The number of hydrogen-bond acceptors (Lipinski definition) is 2. The largest absolute Gasteiger partial charge is 0.347 e. The highest BCUT2D eigenvalue weighted by molar-refractivity contribution is 6.18. The number of carbonyl (C=O) groups is 2. The third-order valence-corrected chi connectivity index (χ3v) is 2.10. The summed E-state index contributed by atoms with van der Waals surface area (Å²) >= 11 is 5.35. The Morgan fingerprint density at radius 1 is 1.24 bits per heavy atom. The Kier molecular flexibility index (Phi) is 5.42. The van der Waals surface area contributed by atoms with Crippen molar-refractivity contribution in [2.75, 3.05) is 17.7 Å². The van der Waals surface area contributed by atoms with E-state index in [9.17, 15) is 14.0 Å². The quantitative estimate of drug-likeness (QED) is 0.787. The molecule has 1 rings (SSSR count). The molecule has 6 heteroatoms. The zero-order valence-corrected chi connectivity index (χ0v) is 9.76. The summed E-state index contributed by atoms with van der Waals surface area (Å²) in [5.74, 6) is -1.13. The molecule has 2 amide bonds. The average Bonchev–Trinajstić information content (AvgIpc) is 2.30. The molecular weight excluding hydrogens is 247 g/mol. The van der Waals surface area contributed by atoms with Gasteiger partial charge in [-0.3, -0.25) is 9.59 Å². The second-order valence-electron chi connectivity index (χ2n) is 3.24. The molecule has 92 valence electrons. The van der Waals surface area contributed by atoms with Gasteiger partial charge in [0.2, 0.25) is 11.8 Å². The highest BCUT2D eigenvalue weighted by atomic mass is 35.5. The minimum Gasteiger partial charge on any atom is -0.347 e. The number of nitrogens with one attached hydrogen (secondary N) is 2. The van der Waals surface area contributed by atoms with Crippen LogP contribution >= 0.6 is 11.6 Å². The normalized spacial score (nSPS) is 9.76. The Bertz CT molecular complexity index is 412. The van der Waals surface area contributed by atoms with Crippen LogP contribution in [0.3, 0.4) is 0 Å². The predicted molar refractivity (Wildman–Crippen MR) is 63.4 cm³/mol. The minimum absolute atomic E-state index is 0.0871. The van der Waals surface area contributed by atoms with Crippen molar-refractivity contribution in [1.82, 2.24) is 5.32 Å². The van der Waals surface area contributed by atoms with Gasteiger partial charge in [0.15, 0.2) is 0 Å². The van der Waals surface area contributed by atoms with Gasteiger partial charge in [0, 0.05) is 12.3 Å². The number of hydrogen-bond donors (Lipinski definition) is 2. The van der Waals surface area contributed by atoms with Crippen LogP contribution in [0.25, 0.3) is 0 Å². The van der Waals surface area contributed by atoms with Crippen LogP contribution in [0.5, 0.6) is 0 Å². The maximum Gasteiger partial charge on any atom is 0.243 e. The molecule has 0 atom stereocenters. The van der Waals surface area contributed by atoms with E-state index in [-0.39, 0.29) is 30.4 Å². The molecule has 0 aliphatic carbocycles. The van der Waals surface area contributed by atoms with Crippen LogP contribution in [-0.4, -0.2) is 24.2 Å². The van der Waals surface area contributed by atoms with E-state index in [1.807, 2.05) is 0 Å². The van der Waals surface area contributed by atoms with Gasteiger partial charge in [-0.2, -0.15) is 0 Å². The van der Waals surface area contributed by atoms with Gasteiger partial charge < -0.3 is 10.6 Å². The topological polar surface area (TPSA) is 58.2 Å². The standard InChI is InChI=1S/C11H12ClFN2O2/c12-6-5-10(16)14-7-11(17)15-9-4-2-1-3-8(9)13/h1-4H,5-7H2,(H,14,16)(H,15,17). The first-order valence-electron chi connectivity index (χ1n) is 5.00. The molecule has 0 radical (unpaired) electrons. The molecule has 4 nitrogen and oxygen atoms in total. The van der Waals surface area contributed by atoms with Crippen LogP contribution < -0.4 is 10.6 Å². The zero-order valence-electron chi connectivity index (χ0n) is 9.00. The predicted octanol–water partition coefficient (Wildman–Crippen LogP) is 1.51. The van der Waals surface area contributed by atoms with Crippen LogP contribution in [0.15, 0.2) is 24.3 Å². The van der Waals surface area contributed by atoms with Gasteiger partial charge in [-0.25, -0.2) is 4.39 Å². The molecule has 0 saturated heterocycles. The number of alkyl halides is 1. The Labute approximate surface area is 103 Å². The molecule has 0 saturated carbocycles. The minimum atomic E-state index is -0.520. The van der Waals surface area contributed by atoms with E-state index >= 15 is 0 Å². The molecule has 0 bridgehead atoms. The molecule has 1 aromatic rings. The van der Waals surface area contributed by atoms with E-state index in [1.54, 1.807) is 6.07 Å². The second kappa shape index (κ2) is 6.85. The maximum absolute atomic E-state index is 13.2. The Balaban J connectivity index is 2.40.